The highest BCUT2D eigenvalue weighted by Crippen LogP contribution is 2.33. The molecule has 0 N–H and O–H groups in total. The number of esters is 1. The minimum atomic E-state index is -0.349. The lowest BCUT2D eigenvalue weighted by Gasteiger charge is -2.10. The van der Waals surface area contributed by atoms with Gasteiger partial charge in [-0.25, -0.2) is 9.78 Å². The molecule has 0 fully saturated rings. The lowest BCUT2D eigenvalue weighted by molar-refractivity contribution is 0.0378. The maximum Gasteiger partial charge on any atom is 0.338 e. The molecule has 0 aliphatic rings. The highest BCUT2D eigenvalue weighted by molar-refractivity contribution is 7.17. The molecule has 0 amide bonds. The van der Waals surface area contributed by atoms with E-state index in [9.17, 15) is 9.59 Å². The maximum absolute atomic E-state index is 13.3. The van der Waals surface area contributed by atoms with E-state index in [1.165, 1.54) is 16.9 Å². The molecule has 0 spiro atoms. The summed E-state index contributed by atoms with van der Waals surface area (Å²) in [6.07, 6.45) is 1.42. The van der Waals surface area contributed by atoms with Gasteiger partial charge in [0.25, 0.3) is 5.56 Å². The van der Waals surface area contributed by atoms with Crippen LogP contribution in [0.2, 0.25) is 0 Å². The molecule has 0 aliphatic heterocycles. The van der Waals surface area contributed by atoms with E-state index in [4.69, 9.17) is 4.74 Å². The van der Waals surface area contributed by atoms with E-state index in [2.05, 4.69) is 37.0 Å². The summed E-state index contributed by atoms with van der Waals surface area (Å²) in [4.78, 5) is 30.6. The topological polar surface area (TPSA) is 61.2 Å². The van der Waals surface area contributed by atoms with Crippen molar-refractivity contribution in [1.29, 1.82) is 0 Å². The van der Waals surface area contributed by atoms with Gasteiger partial charge in [0.1, 0.15) is 4.83 Å². The Balaban J connectivity index is 1.67. The Labute approximate surface area is 185 Å². The van der Waals surface area contributed by atoms with Crippen LogP contribution in [-0.2, 0) is 11.3 Å². The SMILES string of the molecule is Cc1ccc(-c2csc3ncn(Cc4ccc(C(=O)OC(C)C)cc4)c(=O)c23)c(C)c1. The van der Waals surface area contributed by atoms with Crippen molar-refractivity contribution in [2.75, 3.05) is 0 Å². The molecule has 4 aromatic rings. The van der Waals surface area contributed by atoms with Crippen molar-refractivity contribution in [3.63, 3.8) is 0 Å². The number of hydrogen-bond acceptors (Lipinski definition) is 5. The summed E-state index contributed by atoms with van der Waals surface area (Å²) in [5, 5.41) is 2.66. The van der Waals surface area contributed by atoms with Gasteiger partial charge in [0.05, 0.1) is 29.9 Å². The monoisotopic (exact) mass is 432 g/mol. The zero-order valence-electron chi connectivity index (χ0n) is 18.0. The Morgan fingerprint density at radius 1 is 1.10 bits per heavy atom. The van der Waals surface area contributed by atoms with Crippen LogP contribution in [0.3, 0.4) is 0 Å². The molecule has 0 saturated carbocycles. The average molecular weight is 433 g/mol. The van der Waals surface area contributed by atoms with E-state index >= 15 is 0 Å². The fraction of sp³-hybridized carbons (Fsp3) is 0.240. The molecule has 0 unspecified atom stereocenters. The molecule has 2 heterocycles. The zero-order chi connectivity index (χ0) is 22.1. The molecule has 0 atom stereocenters. The van der Waals surface area contributed by atoms with Gasteiger partial charge in [0, 0.05) is 10.9 Å². The van der Waals surface area contributed by atoms with Crippen LogP contribution < -0.4 is 5.56 Å². The molecular formula is C25H24N2O3S. The van der Waals surface area contributed by atoms with E-state index in [1.54, 1.807) is 23.0 Å². The summed E-state index contributed by atoms with van der Waals surface area (Å²) >= 11 is 1.48. The smallest absolute Gasteiger partial charge is 0.338 e. The van der Waals surface area contributed by atoms with Crippen molar-refractivity contribution in [2.45, 2.75) is 40.3 Å². The van der Waals surface area contributed by atoms with Crippen LogP contribution in [0, 0.1) is 13.8 Å². The number of rotatable bonds is 5. The number of aryl methyl sites for hydroxylation is 2. The summed E-state index contributed by atoms with van der Waals surface area (Å²) in [5.41, 5.74) is 5.65. The van der Waals surface area contributed by atoms with E-state index in [-0.39, 0.29) is 17.6 Å². The molecule has 2 aromatic heterocycles. The largest absolute Gasteiger partial charge is 0.459 e. The van der Waals surface area contributed by atoms with E-state index in [0.29, 0.717) is 17.5 Å². The van der Waals surface area contributed by atoms with Gasteiger partial charge < -0.3 is 4.74 Å². The van der Waals surface area contributed by atoms with Crippen LogP contribution in [0.25, 0.3) is 21.3 Å². The first-order valence-electron chi connectivity index (χ1n) is 10.2. The highest BCUT2D eigenvalue weighted by atomic mass is 32.1. The molecule has 4 rings (SSSR count). The molecule has 0 bridgehead atoms. The Bertz CT molecular complexity index is 1320. The molecule has 0 saturated heterocycles. The highest BCUT2D eigenvalue weighted by Gasteiger charge is 2.15. The van der Waals surface area contributed by atoms with Crippen LogP contribution in [0.5, 0.6) is 0 Å². The first-order valence-corrected chi connectivity index (χ1v) is 11.1. The van der Waals surface area contributed by atoms with Crippen molar-refractivity contribution in [3.8, 4) is 11.1 Å². The minimum Gasteiger partial charge on any atom is -0.459 e. The number of ether oxygens (including phenoxy) is 1. The number of aromatic nitrogens is 2. The van der Waals surface area contributed by atoms with Crippen molar-refractivity contribution in [3.05, 3.63) is 86.8 Å². The second-order valence-corrected chi connectivity index (χ2v) is 8.83. The molecule has 0 aliphatic carbocycles. The molecular weight excluding hydrogens is 408 g/mol. The Kier molecular flexibility index (Phi) is 5.74. The van der Waals surface area contributed by atoms with Gasteiger partial charge in [0.15, 0.2) is 0 Å². The predicted octanol–water partition coefficient (Wildman–Crippen LogP) is 5.36. The van der Waals surface area contributed by atoms with Crippen molar-refractivity contribution in [1.82, 2.24) is 9.55 Å². The maximum atomic E-state index is 13.3. The van der Waals surface area contributed by atoms with Crippen molar-refractivity contribution < 1.29 is 9.53 Å². The number of carbonyl (C=O) groups excluding carboxylic acids is 1. The molecule has 0 radical (unpaired) electrons. The molecule has 5 nitrogen and oxygen atoms in total. The summed E-state index contributed by atoms with van der Waals surface area (Å²) in [7, 11) is 0. The third kappa shape index (κ3) is 4.30. The zero-order valence-corrected chi connectivity index (χ0v) is 18.8. The first kappa shape index (κ1) is 21.0. The summed E-state index contributed by atoms with van der Waals surface area (Å²) in [6.45, 7) is 8.14. The predicted molar refractivity (Wildman–Crippen MR) is 125 cm³/mol. The van der Waals surface area contributed by atoms with Crippen LogP contribution in [0.15, 0.2) is 59.0 Å². The van der Waals surface area contributed by atoms with E-state index in [1.807, 2.05) is 31.4 Å². The third-order valence-electron chi connectivity index (χ3n) is 5.12. The van der Waals surface area contributed by atoms with E-state index in [0.717, 1.165) is 27.1 Å². The number of carbonyl (C=O) groups is 1. The summed E-state index contributed by atoms with van der Waals surface area (Å²) in [6, 6.07) is 13.4. The van der Waals surface area contributed by atoms with Crippen LogP contribution in [0.4, 0.5) is 0 Å². The number of fused-ring (bicyclic) bond motifs is 1. The van der Waals surface area contributed by atoms with Gasteiger partial charge in [-0.05, 0) is 56.5 Å². The van der Waals surface area contributed by atoms with Crippen LogP contribution in [-0.4, -0.2) is 21.6 Å². The molecule has 31 heavy (non-hydrogen) atoms. The van der Waals surface area contributed by atoms with Crippen molar-refractivity contribution >= 4 is 27.5 Å². The van der Waals surface area contributed by atoms with Crippen LogP contribution >= 0.6 is 11.3 Å². The number of nitrogens with zero attached hydrogens (tertiary/aromatic N) is 2. The van der Waals surface area contributed by atoms with Crippen LogP contribution in [0.1, 0.15) is 40.9 Å². The summed E-state index contributed by atoms with van der Waals surface area (Å²) < 4.78 is 6.84. The molecule has 2 aromatic carbocycles. The molecule has 158 valence electrons. The van der Waals surface area contributed by atoms with Gasteiger partial charge >= 0.3 is 5.97 Å². The van der Waals surface area contributed by atoms with Crippen molar-refractivity contribution in [2.24, 2.45) is 0 Å². The average Bonchev–Trinajstić information content (AvgIpc) is 3.15. The second-order valence-electron chi connectivity index (χ2n) is 7.98. The normalized spacial score (nSPS) is 11.3. The van der Waals surface area contributed by atoms with Gasteiger partial charge in [-0.3, -0.25) is 9.36 Å². The number of thiophene rings is 1. The molecule has 6 heteroatoms. The van der Waals surface area contributed by atoms with Gasteiger partial charge in [-0.2, -0.15) is 0 Å². The van der Waals surface area contributed by atoms with Gasteiger partial charge in [-0.15, -0.1) is 11.3 Å². The van der Waals surface area contributed by atoms with E-state index < -0.39 is 0 Å². The lowest BCUT2D eigenvalue weighted by atomic mass is 9.99. The quantitative estimate of drug-likeness (QED) is 0.399. The second kappa shape index (κ2) is 8.47. The standard InChI is InChI=1S/C25H24N2O3S/c1-15(2)30-25(29)19-8-6-18(7-9-19)12-27-14-26-23-22(24(27)28)21(13-31-23)20-10-5-16(3)11-17(20)4/h5-11,13-15H,12H2,1-4H3. The fourth-order valence-electron chi connectivity index (χ4n) is 3.62. The van der Waals surface area contributed by atoms with Gasteiger partial charge in [-0.1, -0.05) is 35.9 Å². The Morgan fingerprint density at radius 3 is 2.52 bits per heavy atom. The minimum absolute atomic E-state index is 0.0653. The third-order valence-corrected chi connectivity index (χ3v) is 6.00. The fourth-order valence-corrected chi connectivity index (χ4v) is 4.52. The summed E-state index contributed by atoms with van der Waals surface area (Å²) in [5.74, 6) is -0.349. The number of benzene rings is 2. The lowest BCUT2D eigenvalue weighted by Crippen LogP contribution is -2.21. The van der Waals surface area contributed by atoms with Gasteiger partial charge in [0.2, 0.25) is 0 Å². The number of hydrogen-bond donors (Lipinski definition) is 0. The Morgan fingerprint density at radius 2 is 1.84 bits per heavy atom. The first-order chi connectivity index (χ1) is 14.8. The Hall–Kier alpha value is -3.25.